The van der Waals surface area contributed by atoms with Crippen LogP contribution < -0.4 is 4.74 Å². The van der Waals surface area contributed by atoms with Gasteiger partial charge < -0.3 is 14.1 Å². The van der Waals surface area contributed by atoms with E-state index in [9.17, 15) is 4.79 Å². The second-order valence-electron chi connectivity index (χ2n) is 7.93. The largest absolute Gasteiger partial charge is 0.494 e. The van der Waals surface area contributed by atoms with Gasteiger partial charge in [-0.15, -0.1) is 0 Å². The summed E-state index contributed by atoms with van der Waals surface area (Å²) in [7, 11) is 1.83. The number of amides is 1. The minimum atomic E-state index is -0.272. The lowest BCUT2D eigenvalue weighted by atomic mass is 9.96. The molecule has 1 atom stereocenters. The zero-order valence-corrected chi connectivity index (χ0v) is 18.2. The number of hydrogen-bond donors (Lipinski definition) is 0. The molecule has 0 bridgehead atoms. The van der Waals surface area contributed by atoms with Crippen LogP contribution in [-0.4, -0.2) is 27.2 Å². The molecule has 1 aliphatic rings. The topological polar surface area (TPSA) is 60.5 Å². The molecule has 2 aromatic carbocycles. The van der Waals surface area contributed by atoms with Crippen molar-refractivity contribution < 1.29 is 13.9 Å². The summed E-state index contributed by atoms with van der Waals surface area (Å²) in [6, 6.07) is 21.5. The zero-order chi connectivity index (χ0) is 22.1. The van der Waals surface area contributed by atoms with Crippen molar-refractivity contribution in [3.05, 3.63) is 95.6 Å². The minimum absolute atomic E-state index is 0.0510. The molecule has 0 spiro atoms. The van der Waals surface area contributed by atoms with E-state index in [1.807, 2.05) is 78.7 Å². The lowest BCUT2D eigenvalue weighted by molar-refractivity contribution is 0.0713. The van der Waals surface area contributed by atoms with Crippen LogP contribution in [0.1, 0.15) is 46.8 Å². The summed E-state index contributed by atoms with van der Waals surface area (Å²) in [4.78, 5) is 15.4. The first-order valence-corrected chi connectivity index (χ1v) is 10.9. The van der Waals surface area contributed by atoms with Gasteiger partial charge in [0.05, 0.1) is 31.2 Å². The Bertz CT molecular complexity index is 1210. The third-order valence-electron chi connectivity index (χ3n) is 5.75. The van der Waals surface area contributed by atoms with E-state index in [-0.39, 0.29) is 11.9 Å². The summed E-state index contributed by atoms with van der Waals surface area (Å²) < 4.78 is 13.0. The van der Waals surface area contributed by atoms with Crippen LogP contribution in [0.2, 0.25) is 0 Å². The number of fused-ring (bicyclic) bond motifs is 1. The summed E-state index contributed by atoms with van der Waals surface area (Å²) in [6.07, 6.45) is 2.59. The molecule has 1 amide bonds. The van der Waals surface area contributed by atoms with E-state index in [2.05, 4.69) is 6.92 Å². The molecule has 0 radical (unpaired) electrons. The van der Waals surface area contributed by atoms with Crippen molar-refractivity contribution in [2.24, 2.45) is 7.05 Å². The highest BCUT2D eigenvalue weighted by atomic mass is 16.5. The molecule has 5 rings (SSSR count). The number of furan rings is 1. The van der Waals surface area contributed by atoms with Gasteiger partial charge in [-0.05, 0) is 36.2 Å². The first-order chi connectivity index (χ1) is 15.7. The first-order valence-electron chi connectivity index (χ1n) is 10.9. The molecule has 32 heavy (non-hydrogen) atoms. The number of carbonyl (C=O) groups is 1. The van der Waals surface area contributed by atoms with E-state index in [1.165, 1.54) is 0 Å². The summed E-state index contributed by atoms with van der Waals surface area (Å²) >= 11 is 0. The van der Waals surface area contributed by atoms with Crippen LogP contribution in [0.4, 0.5) is 0 Å². The van der Waals surface area contributed by atoms with Gasteiger partial charge in [-0.1, -0.05) is 49.4 Å². The summed E-state index contributed by atoms with van der Waals surface area (Å²) in [5.74, 6) is 1.52. The van der Waals surface area contributed by atoms with Crippen LogP contribution in [-0.2, 0) is 13.6 Å². The fourth-order valence-electron chi connectivity index (χ4n) is 4.32. The Kier molecular flexibility index (Phi) is 5.27. The lowest BCUT2D eigenvalue weighted by Crippen LogP contribution is -2.29. The molecule has 1 aliphatic heterocycles. The van der Waals surface area contributed by atoms with Gasteiger partial charge in [0, 0.05) is 18.2 Å². The van der Waals surface area contributed by atoms with Gasteiger partial charge in [0.2, 0.25) is 0 Å². The zero-order valence-electron chi connectivity index (χ0n) is 18.2. The fraction of sp³-hybridized carbons (Fsp3) is 0.231. The number of nitrogens with zero attached hydrogens (tertiary/aromatic N) is 3. The van der Waals surface area contributed by atoms with Crippen molar-refractivity contribution in [3.8, 4) is 17.0 Å². The van der Waals surface area contributed by atoms with Gasteiger partial charge in [0.15, 0.2) is 0 Å². The average molecular weight is 428 g/mol. The van der Waals surface area contributed by atoms with E-state index < -0.39 is 0 Å². The van der Waals surface area contributed by atoms with Crippen molar-refractivity contribution in [2.75, 3.05) is 6.61 Å². The number of carbonyl (C=O) groups excluding carboxylic acids is 1. The van der Waals surface area contributed by atoms with E-state index in [0.29, 0.717) is 18.8 Å². The lowest BCUT2D eigenvalue weighted by Gasteiger charge is -2.26. The highest BCUT2D eigenvalue weighted by Gasteiger charge is 2.43. The maximum Gasteiger partial charge on any atom is 0.273 e. The molecule has 3 heterocycles. The van der Waals surface area contributed by atoms with Crippen LogP contribution in [0.25, 0.3) is 11.3 Å². The number of aromatic nitrogens is 2. The number of hydrogen-bond acceptors (Lipinski definition) is 4. The van der Waals surface area contributed by atoms with Gasteiger partial charge in [0.1, 0.15) is 17.2 Å². The summed E-state index contributed by atoms with van der Waals surface area (Å²) in [5, 5.41) is 4.74. The number of benzene rings is 2. The van der Waals surface area contributed by atoms with Crippen LogP contribution in [0.5, 0.6) is 5.75 Å². The molecule has 6 heteroatoms. The molecule has 162 valence electrons. The molecule has 0 aliphatic carbocycles. The van der Waals surface area contributed by atoms with Gasteiger partial charge in [0.25, 0.3) is 5.91 Å². The molecule has 0 N–H and O–H groups in total. The van der Waals surface area contributed by atoms with E-state index >= 15 is 0 Å². The fourth-order valence-corrected chi connectivity index (χ4v) is 4.32. The average Bonchev–Trinajstić information content (AvgIpc) is 3.52. The first kappa shape index (κ1) is 20.1. The van der Waals surface area contributed by atoms with Gasteiger partial charge >= 0.3 is 0 Å². The third kappa shape index (κ3) is 3.47. The normalized spacial score (nSPS) is 15.2. The van der Waals surface area contributed by atoms with Crippen molar-refractivity contribution in [3.63, 3.8) is 0 Å². The number of ether oxygens (including phenoxy) is 1. The van der Waals surface area contributed by atoms with Crippen LogP contribution in [0, 0.1) is 0 Å². The maximum absolute atomic E-state index is 13.6. The number of aryl methyl sites for hydroxylation is 1. The summed E-state index contributed by atoms with van der Waals surface area (Å²) in [6.45, 7) is 3.14. The quantitative estimate of drug-likeness (QED) is 0.406. The molecule has 0 saturated carbocycles. The van der Waals surface area contributed by atoms with E-state index in [4.69, 9.17) is 14.3 Å². The second kappa shape index (κ2) is 8.38. The van der Waals surface area contributed by atoms with Crippen molar-refractivity contribution in [2.45, 2.75) is 25.9 Å². The molecule has 6 nitrogen and oxygen atoms in total. The Morgan fingerprint density at radius 1 is 1.03 bits per heavy atom. The highest BCUT2D eigenvalue weighted by Crippen LogP contribution is 2.44. The Hall–Kier alpha value is -3.80. The van der Waals surface area contributed by atoms with Crippen molar-refractivity contribution >= 4 is 5.91 Å². The molecule has 0 fully saturated rings. The standard InChI is InChI=1S/C26H25N3O3/c1-3-15-31-20-13-11-19(12-14-20)24-22-23(18-8-5-4-6-9-18)27-28(2)25(22)26(30)29(24)17-21-10-7-16-32-21/h4-14,16,24H,3,15,17H2,1-2H3/t24-/m1/s1. The Morgan fingerprint density at radius 3 is 2.50 bits per heavy atom. The van der Waals surface area contributed by atoms with E-state index in [1.54, 1.807) is 10.9 Å². The molecule has 0 saturated heterocycles. The Morgan fingerprint density at radius 2 is 1.81 bits per heavy atom. The van der Waals surface area contributed by atoms with Crippen molar-refractivity contribution in [1.82, 2.24) is 14.7 Å². The van der Waals surface area contributed by atoms with Gasteiger partial charge in [-0.25, -0.2) is 0 Å². The molecule has 2 aromatic heterocycles. The second-order valence-corrected chi connectivity index (χ2v) is 7.93. The predicted octanol–water partition coefficient (Wildman–Crippen LogP) is 5.21. The smallest absolute Gasteiger partial charge is 0.273 e. The van der Waals surface area contributed by atoms with Crippen LogP contribution in [0.15, 0.2) is 77.4 Å². The van der Waals surface area contributed by atoms with Gasteiger partial charge in [-0.2, -0.15) is 5.10 Å². The Balaban J connectivity index is 1.62. The third-order valence-corrected chi connectivity index (χ3v) is 5.75. The Labute approximate surface area is 187 Å². The molecular formula is C26H25N3O3. The highest BCUT2D eigenvalue weighted by molar-refractivity contribution is 6.00. The number of rotatable bonds is 7. The SMILES string of the molecule is CCCOc1ccc([C@@H]2c3c(-c4ccccc4)nn(C)c3C(=O)N2Cc2ccco2)cc1. The van der Waals surface area contributed by atoms with Crippen LogP contribution >= 0.6 is 0 Å². The predicted molar refractivity (Wildman–Crippen MR) is 121 cm³/mol. The molecular weight excluding hydrogens is 402 g/mol. The molecule has 4 aromatic rings. The maximum atomic E-state index is 13.6. The van der Waals surface area contributed by atoms with E-state index in [0.717, 1.165) is 40.3 Å². The van der Waals surface area contributed by atoms with Crippen LogP contribution in [0.3, 0.4) is 0 Å². The molecule has 0 unspecified atom stereocenters. The van der Waals surface area contributed by atoms with Gasteiger partial charge in [-0.3, -0.25) is 9.48 Å². The minimum Gasteiger partial charge on any atom is -0.494 e. The monoisotopic (exact) mass is 427 g/mol. The van der Waals surface area contributed by atoms with Crippen molar-refractivity contribution in [1.29, 1.82) is 0 Å². The summed E-state index contributed by atoms with van der Waals surface area (Å²) in [5.41, 5.74) is 4.38.